The molecule has 0 fully saturated rings. The van der Waals surface area contributed by atoms with E-state index in [4.69, 9.17) is 0 Å². The zero-order chi connectivity index (χ0) is 26.6. The zero-order valence-electron chi connectivity index (χ0n) is 20.0. The standard InChI is InChI=1S/C27H26F4N4O2/c1-2-15-34(25(36)20-11-6-7-12-22(20)28)18-26(37,27(29,30)31)17-32-23-13-8-14-24-21(23)16-33-35(24)19-9-4-3-5-10-19/h3-14,16,32,37H,2,15,17-18H2,1H3. The zero-order valence-corrected chi connectivity index (χ0v) is 20.0. The molecule has 0 saturated carbocycles. The van der Waals surface area contributed by atoms with E-state index in [1.54, 1.807) is 29.8 Å². The molecule has 6 nitrogen and oxygen atoms in total. The Morgan fingerprint density at radius 2 is 1.73 bits per heavy atom. The molecule has 0 aliphatic carbocycles. The Bertz CT molecular complexity index is 1370. The smallest absolute Gasteiger partial charge is 0.381 e. The molecule has 1 aromatic heterocycles. The largest absolute Gasteiger partial charge is 0.420 e. The molecule has 10 heteroatoms. The average Bonchev–Trinajstić information content (AvgIpc) is 3.32. The maximum absolute atomic E-state index is 14.2. The normalized spacial score (nSPS) is 13.4. The Hall–Kier alpha value is -3.92. The van der Waals surface area contributed by atoms with Crippen LogP contribution >= 0.6 is 0 Å². The molecule has 4 aromatic rings. The number of nitrogens with one attached hydrogen (secondary N) is 1. The summed E-state index contributed by atoms with van der Waals surface area (Å²) in [7, 11) is 0. The Morgan fingerprint density at radius 1 is 1.03 bits per heavy atom. The highest BCUT2D eigenvalue weighted by Gasteiger charge is 2.55. The van der Waals surface area contributed by atoms with Crippen LogP contribution in [0.2, 0.25) is 0 Å². The first-order chi connectivity index (χ1) is 17.6. The highest BCUT2D eigenvalue weighted by atomic mass is 19.4. The summed E-state index contributed by atoms with van der Waals surface area (Å²) in [6.45, 7) is -0.413. The van der Waals surface area contributed by atoms with E-state index in [-0.39, 0.29) is 12.1 Å². The molecule has 0 aliphatic rings. The molecule has 0 aliphatic heterocycles. The summed E-state index contributed by atoms with van der Waals surface area (Å²) in [5, 5.41) is 18.5. The second-order valence-electron chi connectivity index (χ2n) is 8.72. The first-order valence-corrected chi connectivity index (χ1v) is 11.7. The summed E-state index contributed by atoms with van der Waals surface area (Å²) in [4.78, 5) is 13.8. The highest BCUT2D eigenvalue weighted by Crippen LogP contribution is 2.33. The topological polar surface area (TPSA) is 70.4 Å². The maximum atomic E-state index is 14.2. The third-order valence-electron chi connectivity index (χ3n) is 6.05. The van der Waals surface area contributed by atoms with Gasteiger partial charge in [-0.05, 0) is 42.8 Å². The molecule has 194 valence electrons. The van der Waals surface area contributed by atoms with Crippen LogP contribution in [-0.4, -0.2) is 57.1 Å². The predicted octanol–water partition coefficient (Wildman–Crippen LogP) is 5.42. The van der Waals surface area contributed by atoms with Crippen molar-refractivity contribution >= 4 is 22.5 Å². The van der Waals surface area contributed by atoms with E-state index in [1.165, 1.54) is 24.4 Å². The summed E-state index contributed by atoms with van der Waals surface area (Å²) in [5.41, 5.74) is -1.88. The van der Waals surface area contributed by atoms with Crippen LogP contribution in [0.25, 0.3) is 16.6 Å². The minimum absolute atomic E-state index is 0.0923. The van der Waals surface area contributed by atoms with Crippen LogP contribution in [0, 0.1) is 5.82 Å². The maximum Gasteiger partial charge on any atom is 0.420 e. The molecule has 3 aromatic carbocycles. The molecule has 37 heavy (non-hydrogen) atoms. The van der Waals surface area contributed by atoms with E-state index in [1.807, 2.05) is 30.3 Å². The van der Waals surface area contributed by atoms with Crippen molar-refractivity contribution in [3.8, 4) is 5.69 Å². The number of alkyl halides is 3. The van der Waals surface area contributed by atoms with Gasteiger partial charge in [-0.1, -0.05) is 43.3 Å². The third kappa shape index (κ3) is 5.43. The van der Waals surface area contributed by atoms with Gasteiger partial charge in [0.25, 0.3) is 5.91 Å². The molecule has 1 amide bonds. The van der Waals surface area contributed by atoms with Gasteiger partial charge in [-0.3, -0.25) is 4.79 Å². The second kappa shape index (κ2) is 10.6. The number of aromatic nitrogens is 2. The fraction of sp³-hybridized carbons (Fsp3) is 0.259. The molecule has 4 rings (SSSR count). The number of amides is 1. The average molecular weight is 515 g/mol. The van der Waals surface area contributed by atoms with Gasteiger partial charge in [-0.25, -0.2) is 9.07 Å². The van der Waals surface area contributed by atoms with Crippen molar-refractivity contribution in [1.82, 2.24) is 14.7 Å². The summed E-state index contributed by atoms with van der Waals surface area (Å²) in [5.74, 6) is -1.77. The molecule has 0 radical (unpaired) electrons. The van der Waals surface area contributed by atoms with Crippen molar-refractivity contribution < 1.29 is 27.5 Å². The summed E-state index contributed by atoms with van der Waals surface area (Å²) in [6, 6.07) is 19.4. The lowest BCUT2D eigenvalue weighted by Gasteiger charge is -2.36. The first kappa shape index (κ1) is 26.2. The Kier molecular flexibility index (Phi) is 7.49. The number of fused-ring (bicyclic) bond motifs is 1. The summed E-state index contributed by atoms with van der Waals surface area (Å²) in [6.07, 6.45) is -3.23. The van der Waals surface area contributed by atoms with E-state index >= 15 is 0 Å². The lowest BCUT2D eigenvalue weighted by Crippen LogP contribution is -2.58. The van der Waals surface area contributed by atoms with E-state index in [9.17, 15) is 27.5 Å². The molecule has 0 saturated heterocycles. The van der Waals surface area contributed by atoms with Gasteiger partial charge in [0, 0.05) is 17.6 Å². The number of nitrogens with zero attached hydrogens (tertiary/aromatic N) is 3. The molecule has 1 heterocycles. The van der Waals surface area contributed by atoms with Crippen LogP contribution in [0.4, 0.5) is 23.2 Å². The van der Waals surface area contributed by atoms with E-state index in [0.717, 1.165) is 16.7 Å². The number of halogens is 4. The number of carbonyl (C=O) groups is 1. The predicted molar refractivity (Wildman–Crippen MR) is 133 cm³/mol. The van der Waals surface area contributed by atoms with Crippen LogP contribution in [0.1, 0.15) is 23.7 Å². The lowest BCUT2D eigenvalue weighted by molar-refractivity contribution is -0.257. The monoisotopic (exact) mass is 514 g/mol. The highest BCUT2D eigenvalue weighted by molar-refractivity contribution is 5.94. The first-order valence-electron chi connectivity index (χ1n) is 11.7. The van der Waals surface area contributed by atoms with E-state index in [2.05, 4.69) is 10.4 Å². The Morgan fingerprint density at radius 3 is 2.41 bits per heavy atom. The van der Waals surface area contributed by atoms with Gasteiger partial charge in [-0.2, -0.15) is 18.3 Å². The number of hydrogen-bond acceptors (Lipinski definition) is 4. The van der Waals surface area contributed by atoms with Gasteiger partial charge in [-0.15, -0.1) is 0 Å². The van der Waals surface area contributed by atoms with Crippen LogP contribution in [0.3, 0.4) is 0 Å². The number of carbonyl (C=O) groups excluding carboxylic acids is 1. The third-order valence-corrected chi connectivity index (χ3v) is 6.05. The molecule has 0 bridgehead atoms. The fourth-order valence-electron chi connectivity index (χ4n) is 4.11. The number of hydrogen-bond donors (Lipinski definition) is 2. The van der Waals surface area contributed by atoms with E-state index < -0.39 is 36.6 Å². The van der Waals surface area contributed by atoms with Crippen LogP contribution in [-0.2, 0) is 0 Å². The fourth-order valence-corrected chi connectivity index (χ4v) is 4.11. The minimum atomic E-state index is -5.08. The second-order valence-corrected chi connectivity index (χ2v) is 8.72. The van der Waals surface area contributed by atoms with Gasteiger partial charge >= 0.3 is 6.18 Å². The van der Waals surface area contributed by atoms with Crippen molar-refractivity contribution in [1.29, 1.82) is 0 Å². The molecule has 1 atom stereocenters. The van der Waals surface area contributed by atoms with Gasteiger partial charge < -0.3 is 15.3 Å². The summed E-state index contributed by atoms with van der Waals surface area (Å²) < 4.78 is 58.4. The Labute approximate surface area is 211 Å². The molecule has 1 unspecified atom stereocenters. The molecule has 0 spiro atoms. The number of benzene rings is 3. The number of aliphatic hydroxyl groups is 1. The van der Waals surface area contributed by atoms with Crippen LogP contribution in [0.15, 0.2) is 79.0 Å². The van der Waals surface area contributed by atoms with Gasteiger partial charge in [0.05, 0.1) is 36.1 Å². The lowest BCUT2D eigenvalue weighted by atomic mass is 10.0. The van der Waals surface area contributed by atoms with Crippen molar-refractivity contribution in [3.05, 3.63) is 90.4 Å². The van der Waals surface area contributed by atoms with Gasteiger partial charge in [0.1, 0.15) is 5.82 Å². The van der Waals surface area contributed by atoms with Crippen molar-refractivity contribution in [2.75, 3.05) is 25.0 Å². The number of rotatable bonds is 9. The number of para-hydroxylation sites is 1. The Balaban J connectivity index is 1.61. The van der Waals surface area contributed by atoms with Crippen molar-refractivity contribution in [2.24, 2.45) is 0 Å². The van der Waals surface area contributed by atoms with E-state index in [0.29, 0.717) is 23.0 Å². The minimum Gasteiger partial charge on any atom is -0.381 e. The summed E-state index contributed by atoms with van der Waals surface area (Å²) >= 11 is 0. The van der Waals surface area contributed by atoms with Gasteiger partial charge in [0.15, 0.2) is 5.60 Å². The SMILES string of the molecule is CCCN(CC(O)(CNc1cccc2c1cnn2-c1ccccc1)C(F)(F)F)C(=O)c1ccccc1F. The van der Waals surface area contributed by atoms with Crippen LogP contribution in [0.5, 0.6) is 0 Å². The van der Waals surface area contributed by atoms with Gasteiger partial charge in [0.2, 0.25) is 0 Å². The van der Waals surface area contributed by atoms with Crippen molar-refractivity contribution in [3.63, 3.8) is 0 Å². The number of anilines is 1. The van der Waals surface area contributed by atoms with Crippen LogP contribution < -0.4 is 5.32 Å². The molecular formula is C27H26F4N4O2. The quantitative estimate of drug-likeness (QED) is 0.293. The molecule has 2 N–H and O–H groups in total. The van der Waals surface area contributed by atoms with Crippen molar-refractivity contribution in [2.45, 2.75) is 25.1 Å². The molecular weight excluding hydrogens is 488 g/mol.